The number of nitrogens with zero attached hydrogens (tertiary/aromatic N) is 1. The van der Waals surface area contributed by atoms with Gasteiger partial charge in [-0.3, -0.25) is 0 Å². The maximum absolute atomic E-state index is 13.6. The fourth-order valence-electron chi connectivity index (χ4n) is 2.00. The minimum atomic E-state index is -3.49. The van der Waals surface area contributed by atoms with Gasteiger partial charge in [0.1, 0.15) is 5.82 Å². The van der Waals surface area contributed by atoms with Gasteiger partial charge in [0.2, 0.25) is 10.0 Å². The first-order valence-electron chi connectivity index (χ1n) is 6.83. The number of hydrogen-bond donors (Lipinski definition) is 1. The summed E-state index contributed by atoms with van der Waals surface area (Å²) < 4.78 is 39.1. The van der Waals surface area contributed by atoms with Crippen molar-refractivity contribution in [2.24, 2.45) is 0 Å². The third-order valence-electron chi connectivity index (χ3n) is 3.41. The summed E-state index contributed by atoms with van der Waals surface area (Å²) in [6.45, 7) is 2.16. The van der Waals surface area contributed by atoms with Crippen molar-refractivity contribution < 1.29 is 12.8 Å². The molecule has 0 radical (unpaired) electrons. The Morgan fingerprint density at radius 2 is 1.82 bits per heavy atom. The van der Waals surface area contributed by atoms with Crippen molar-refractivity contribution >= 4 is 15.7 Å². The lowest BCUT2D eigenvalue weighted by atomic mass is 10.1. The number of aryl methyl sites for hydroxylation is 1. The van der Waals surface area contributed by atoms with Gasteiger partial charge in [-0.25, -0.2) is 17.1 Å². The fraction of sp³-hybridized carbons (Fsp3) is 0.250. The minimum Gasteiger partial charge on any atom is -0.381 e. The molecule has 0 saturated heterocycles. The monoisotopic (exact) mass is 322 g/mol. The first-order chi connectivity index (χ1) is 10.3. The number of sulfonamides is 1. The lowest BCUT2D eigenvalue weighted by molar-refractivity contribution is 0.521. The van der Waals surface area contributed by atoms with Crippen molar-refractivity contribution in [2.75, 3.05) is 19.4 Å². The molecule has 2 aromatic rings. The Hall–Kier alpha value is -1.92. The molecule has 1 N–H and O–H groups in total. The second-order valence-electron chi connectivity index (χ2n) is 5.21. The lowest BCUT2D eigenvalue weighted by Crippen LogP contribution is -2.22. The zero-order valence-corrected chi connectivity index (χ0v) is 13.6. The highest BCUT2D eigenvalue weighted by Crippen LogP contribution is 2.22. The largest absolute Gasteiger partial charge is 0.381 e. The fourth-order valence-corrected chi connectivity index (χ4v) is 2.92. The van der Waals surface area contributed by atoms with E-state index in [1.807, 2.05) is 6.92 Å². The topological polar surface area (TPSA) is 49.4 Å². The van der Waals surface area contributed by atoms with Crippen LogP contribution in [0.3, 0.4) is 0 Å². The molecule has 0 fully saturated rings. The predicted octanol–water partition coefficient (Wildman–Crippen LogP) is 3.00. The maximum atomic E-state index is 13.6. The van der Waals surface area contributed by atoms with E-state index in [0.29, 0.717) is 17.8 Å². The molecule has 118 valence electrons. The van der Waals surface area contributed by atoms with E-state index in [2.05, 4.69) is 5.32 Å². The van der Waals surface area contributed by atoms with Crippen LogP contribution >= 0.6 is 0 Å². The SMILES string of the molecule is Cc1ccc(S(=O)(=O)N(C)C)cc1NCc1ccccc1F. The highest BCUT2D eigenvalue weighted by Gasteiger charge is 2.18. The van der Waals surface area contributed by atoms with E-state index in [0.717, 1.165) is 9.87 Å². The summed E-state index contributed by atoms with van der Waals surface area (Å²) in [7, 11) is -0.513. The molecule has 0 aliphatic rings. The van der Waals surface area contributed by atoms with Crippen LogP contribution in [-0.4, -0.2) is 26.8 Å². The normalized spacial score (nSPS) is 11.7. The van der Waals surface area contributed by atoms with E-state index in [9.17, 15) is 12.8 Å². The molecule has 0 aliphatic carbocycles. The molecule has 0 atom stereocenters. The average Bonchev–Trinajstić information content (AvgIpc) is 2.47. The van der Waals surface area contributed by atoms with Gasteiger partial charge in [-0.15, -0.1) is 0 Å². The number of anilines is 1. The van der Waals surface area contributed by atoms with Crippen LogP contribution in [0, 0.1) is 12.7 Å². The van der Waals surface area contributed by atoms with Gasteiger partial charge in [-0.1, -0.05) is 24.3 Å². The van der Waals surface area contributed by atoms with Crippen LogP contribution in [0.2, 0.25) is 0 Å². The van der Waals surface area contributed by atoms with E-state index in [4.69, 9.17) is 0 Å². The number of nitrogens with one attached hydrogen (secondary N) is 1. The molecule has 0 aliphatic heterocycles. The highest BCUT2D eigenvalue weighted by atomic mass is 32.2. The quantitative estimate of drug-likeness (QED) is 0.920. The molecule has 4 nitrogen and oxygen atoms in total. The molecule has 0 heterocycles. The zero-order chi connectivity index (χ0) is 16.3. The van der Waals surface area contributed by atoms with E-state index in [-0.39, 0.29) is 10.7 Å². The first kappa shape index (κ1) is 16.5. The summed E-state index contributed by atoms with van der Waals surface area (Å²) in [6.07, 6.45) is 0. The maximum Gasteiger partial charge on any atom is 0.242 e. The molecule has 0 unspecified atom stereocenters. The Morgan fingerprint density at radius 3 is 2.45 bits per heavy atom. The third kappa shape index (κ3) is 3.45. The Labute approximate surface area is 130 Å². The van der Waals surface area contributed by atoms with E-state index < -0.39 is 10.0 Å². The molecular weight excluding hydrogens is 303 g/mol. The Bertz CT molecular complexity index is 773. The average molecular weight is 322 g/mol. The zero-order valence-electron chi connectivity index (χ0n) is 12.8. The molecule has 22 heavy (non-hydrogen) atoms. The number of halogens is 1. The van der Waals surface area contributed by atoms with Crippen molar-refractivity contribution in [1.82, 2.24) is 4.31 Å². The van der Waals surface area contributed by atoms with E-state index >= 15 is 0 Å². The van der Waals surface area contributed by atoms with Gasteiger partial charge in [-0.2, -0.15) is 0 Å². The van der Waals surface area contributed by atoms with Crippen LogP contribution in [0.25, 0.3) is 0 Å². The second-order valence-corrected chi connectivity index (χ2v) is 7.36. The third-order valence-corrected chi connectivity index (χ3v) is 5.23. The van der Waals surface area contributed by atoms with Crippen LogP contribution in [0.15, 0.2) is 47.4 Å². The van der Waals surface area contributed by atoms with Crippen molar-refractivity contribution in [3.05, 3.63) is 59.4 Å². The number of hydrogen-bond acceptors (Lipinski definition) is 3. The second kappa shape index (κ2) is 6.46. The van der Waals surface area contributed by atoms with Crippen molar-refractivity contribution in [1.29, 1.82) is 0 Å². The molecule has 0 aromatic heterocycles. The van der Waals surface area contributed by atoms with Crippen LogP contribution in [0.1, 0.15) is 11.1 Å². The lowest BCUT2D eigenvalue weighted by Gasteiger charge is -2.15. The smallest absolute Gasteiger partial charge is 0.242 e. The van der Waals surface area contributed by atoms with Crippen molar-refractivity contribution in [3.63, 3.8) is 0 Å². The summed E-state index contributed by atoms with van der Waals surface area (Å²) >= 11 is 0. The van der Waals surface area contributed by atoms with E-state index in [1.54, 1.807) is 36.4 Å². The molecule has 6 heteroatoms. The van der Waals surface area contributed by atoms with Gasteiger partial charge in [0.25, 0.3) is 0 Å². The predicted molar refractivity (Wildman–Crippen MR) is 85.8 cm³/mol. The van der Waals surface area contributed by atoms with E-state index in [1.165, 1.54) is 20.2 Å². The minimum absolute atomic E-state index is 0.208. The van der Waals surface area contributed by atoms with Gasteiger partial charge in [0, 0.05) is 31.9 Å². The van der Waals surface area contributed by atoms with Crippen LogP contribution in [-0.2, 0) is 16.6 Å². The number of benzene rings is 2. The van der Waals surface area contributed by atoms with Crippen molar-refractivity contribution in [2.45, 2.75) is 18.4 Å². The molecular formula is C16H19FN2O2S. The molecule has 2 rings (SSSR count). The summed E-state index contributed by atoms with van der Waals surface area (Å²) in [4.78, 5) is 0.208. The van der Waals surface area contributed by atoms with Crippen LogP contribution in [0.4, 0.5) is 10.1 Å². The van der Waals surface area contributed by atoms with Gasteiger partial charge in [0.05, 0.1) is 4.90 Å². The molecule has 2 aromatic carbocycles. The van der Waals surface area contributed by atoms with Crippen LogP contribution < -0.4 is 5.32 Å². The summed E-state index contributed by atoms with van der Waals surface area (Å²) in [6, 6.07) is 11.4. The van der Waals surface area contributed by atoms with Gasteiger partial charge in [0.15, 0.2) is 0 Å². The van der Waals surface area contributed by atoms with Crippen molar-refractivity contribution in [3.8, 4) is 0 Å². The highest BCUT2D eigenvalue weighted by molar-refractivity contribution is 7.89. The first-order valence-corrected chi connectivity index (χ1v) is 8.27. The Kier molecular flexibility index (Phi) is 4.83. The summed E-state index contributed by atoms with van der Waals surface area (Å²) in [5.74, 6) is -0.287. The summed E-state index contributed by atoms with van der Waals surface area (Å²) in [5.41, 5.74) is 2.10. The van der Waals surface area contributed by atoms with Gasteiger partial charge < -0.3 is 5.32 Å². The molecule has 0 saturated carbocycles. The number of rotatable bonds is 5. The van der Waals surface area contributed by atoms with Gasteiger partial charge >= 0.3 is 0 Å². The van der Waals surface area contributed by atoms with Gasteiger partial charge in [-0.05, 0) is 30.7 Å². The molecule has 0 spiro atoms. The summed E-state index contributed by atoms with van der Waals surface area (Å²) in [5, 5.41) is 3.10. The molecule has 0 bridgehead atoms. The molecule has 0 amide bonds. The van der Waals surface area contributed by atoms with Crippen LogP contribution in [0.5, 0.6) is 0 Å². The Morgan fingerprint density at radius 1 is 1.14 bits per heavy atom. The standard InChI is InChI=1S/C16H19FN2O2S/c1-12-8-9-14(22(20,21)19(2)3)10-16(12)18-11-13-6-4-5-7-15(13)17/h4-10,18H,11H2,1-3H3. The Balaban J connectivity index is 2.27.